The van der Waals surface area contributed by atoms with Crippen molar-refractivity contribution in [2.45, 2.75) is 33.2 Å². The summed E-state index contributed by atoms with van der Waals surface area (Å²) in [5, 5.41) is 3.03. The summed E-state index contributed by atoms with van der Waals surface area (Å²) in [6.45, 7) is 6.05. The molecule has 0 saturated carbocycles. The van der Waals surface area contributed by atoms with Crippen molar-refractivity contribution in [1.82, 2.24) is 5.32 Å². The minimum atomic E-state index is -0.0248. The summed E-state index contributed by atoms with van der Waals surface area (Å²) in [6, 6.07) is 13.8. The first-order chi connectivity index (χ1) is 9.95. The van der Waals surface area contributed by atoms with Gasteiger partial charge in [-0.15, -0.1) is 0 Å². The Morgan fingerprint density at radius 1 is 1.14 bits per heavy atom. The van der Waals surface area contributed by atoms with E-state index in [-0.39, 0.29) is 11.9 Å². The van der Waals surface area contributed by atoms with Crippen LogP contribution in [0.3, 0.4) is 0 Å². The van der Waals surface area contributed by atoms with Crippen molar-refractivity contribution < 1.29 is 4.79 Å². The lowest BCUT2D eigenvalue weighted by Crippen LogP contribution is -2.28. The zero-order valence-corrected chi connectivity index (χ0v) is 12.8. The molecule has 110 valence electrons. The van der Waals surface area contributed by atoms with E-state index in [1.54, 1.807) is 0 Å². The third kappa shape index (κ3) is 4.09. The van der Waals surface area contributed by atoms with Crippen molar-refractivity contribution in [1.29, 1.82) is 0 Å². The molecule has 0 aromatic heterocycles. The van der Waals surface area contributed by atoms with Gasteiger partial charge in [0.15, 0.2) is 0 Å². The fourth-order valence-corrected chi connectivity index (χ4v) is 2.32. The Hall–Kier alpha value is -2.29. The first-order valence-electron chi connectivity index (χ1n) is 7.16. The van der Waals surface area contributed by atoms with Crippen LogP contribution in [0.4, 0.5) is 5.69 Å². The number of benzene rings is 2. The minimum Gasteiger partial charge on any atom is -0.399 e. The standard InChI is InChI=1S/C18H22N2O/c1-12-4-5-13(2)16(10-12)11-18(21)20-14(3)15-6-8-17(19)9-7-15/h4-10,14H,11,19H2,1-3H3,(H,20,21). The average Bonchev–Trinajstić information content (AvgIpc) is 2.43. The summed E-state index contributed by atoms with van der Waals surface area (Å²) in [6.07, 6.45) is 0.410. The number of hydrogen-bond acceptors (Lipinski definition) is 2. The van der Waals surface area contributed by atoms with Crippen LogP contribution in [-0.4, -0.2) is 5.91 Å². The van der Waals surface area contributed by atoms with Gasteiger partial charge in [-0.25, -0.2) is 0 Å². The number of nitrogens with two attached hydrogens (primary N) is 1. The second-order valence-electron chi connectivity index (χ2n) is 5.56. The third-order valence-corrected chi connectivity index (χ3v) is 3.67. The van der Waals surface area contributed by atoms with Gasteiger partial charge in [0.1, 0.15) is 0 Å². The second-order valence-corrected chi connectivity index (χ2v) is 5.56. The molecule has 0 bridgehead atoms. The molecule has 2 aromatic rings. The van der Waals surface area contributed by atoms with Gasteiger partial charge >= 0.3 is 0 Å². The lowest BCUT2D eigenvalue weighted by Gasteiger charge is -2.15. The number of rotatable bonds is 4. The smallest absolute Gasteiger partial charge is 0.224 e. The lowest BCUT2D eigenvalue weighted by molar-refractivity contribution is -0.121. The highest BCUT2D eigenvalue weighted by atomic mass is 16.1. The SMILES string of the molecule is Cc1ccc(C)c(CC(=O)NC(C)c2ccc(N)cc2)c1. The molecule has 21 heavy (non-hydrogen) atoms. The van der Waals surface area contributed by atoms with Gasteiger partial charge in [-0.05, 0) is 49.6 Å². The number of hydrogen-bond donors (Lipinski definition) is 2. The molecule has 0 heterocycles. The van der Waals surface area contributed by atoms with E-state index >= 15 is 0 Å². The van der Waals surface area contributed by atoms with Crippen LogP contribution in [0, 0.1) is 13.8 Å². The Kier molecular flexibility index (Phi) is 4.63. The van der Waals surface area contributed by atoms with Gasteiger partial charge in [0, 0.05) is 5.69 Å². The van der Waals surface area contributed by atoms with Crippen molar-refractivity contribution in [3.05, 3.63) is 64.7 Å². The fourth-order valence-electron chi connectivity index (χ4n) is 2.32. The Bertz CT molecular complexity index is 632. The van der Waals surface area contributed by atoms with Crippen molar-refractivity contribution >= 4 is 11.6 Å². The number of anilines is 1. The van der Waals surface area contributed by atoms with E-state index in [9.17, 15) is 4.79 Å². The summed E-state index contributed by atoms with van der Waals surface area (Å²) >= 11 is 0. The molecule has 0 aliphatic heterocycles. The molecule has 3 heteroatoms. The Labute approximate surface area is 126 Å². The molecule has 0 radical (unpaired) electrons. The molecule has 0 saturated heterocycles. The predicted molar refractivity (Wildman–Crippen MR) is 87.0 cm³/mol. The predicted octanol–water partition coefficient (Wildman–Crippen LogP) is 3.31. The van der Waals surface area contributed by atoms with Gasteiger partial charge in [0.25, 0.3) is 0 Å². The van der Waals surface area contributed by atoms with Gasteiger partial charge in [0.2, 0.25) is 5.91 Å². The number of carbonyl (C=O) groups excluding carboxylic acids is 1. The van der Waals surface area contributed by atoms with Crippen molar-refractivity contribution in [3.8, 4) is 0 Å². The highest BCUT2D eigenvalue weighted by molar-refractivity contribution is 5.79. The number of aryl methyl sites for hydroxylation is 2. The van der Waals surface area contributed by atoms with Crippen molar-refractivity contribution in [2.24, 2.45) is 0 Å². The fraction of sp³-hybridized carbons (Fsp3) is 0.278. The van der Waals surface area contributed by atoms with Crippen LogP contribution in [0.25, 0.3) is 0 Å². The summed E-state index contributed by atoms with van der Waals surface area (Å²) in [4.78, 5) is 12.2. The Balaban J connectivity index is 2.01. The number of nitrogen functional groups attached to an aromatic ring is 1. The van der Waals surface area contributed by atoms with Gasteiger partial charge in [-0.1, -0.05) is 35.9 Å². The molecule has 2 aromatic carbocycles. The summed E-state index contributed by atoms with van der Waals surface area (Å²) in [5.41, 5.74) is 10.9. The van der Waals surface area contributed by atoms with Gasteiger partial charge in [0.05, 0.1) is 12.5 Å². The highest BCUT2D eigenvalue weighted by Gasteiger charge is 2.11. The van der Waals surface area contributed by atoms with Crippen LogP contribution < -0.4 is 11.1 Å². The topological polar surface area (TPSA) is 55.1 Å². The molecule has 1 amide bonds. The maximum absolute atomic E-state index is 12.2. The first-order valence-corrected chi connectivity index (χ1v) is 7.16. The Morgan fingerprint density at radius 2 is 1.81 bits per heavy atom. The van der Waals surface area contributed by atoms with E-state index in [0.29, 0.717) is 6.42 Å². The molecule has 3 N–H and O–H groups in total. The number of amides is 1. The van der Waals surface area contributed by atoms with Gasteiger partial charge < -0.3 is 11.1 Å². The van der Waals surface area contributed by atoms with Crippen LogP contribution >= 0.6 is 0 Å². The van der Waals surface area contributed by atoms with Crippen LogP contribution in [0.1, 0.15) is 35.2 Å². The lowest BCUT2D eigenvalue weighted by atomic mass is 10.0. The molecular formula is C18H22N2O. The van der Waals surface area contributed by atoms with Crippen LogP contribution in [0.2, 0.25) is 0 Å². The van der Waals surface area contributed by atoms with Crippen molar-refractivity contribution in [3.63, 3.8) is 0 Å². The first kappa shape index (κ1) is 15.1. The molecule has 2 rings (SSSR count). The van der Waals surface area contributed by atoms with Crippen LogP contribution in [-0.2, 0) is 11.2 Å². The highest BCUT2D eigenvalue weighted by Crippen LogP contribution is 2.15. The molecule has 0 aliphatic carbocycles. The molecule has 3 nitrogen and oxygen atoms in total. The van der Waals surface area contributed by atoms with Crippen LogP contribution in [0.15, 0.2) is 42.5 Å². The third-order valence-electron chi connectivity index (χ3n) is 3.67. The van der Waals surface area contributed by atoms with Crippen molar-refractivity contribution in [2.75, 3.05) is 5.73 Å². The molecule has 0 aliphatic rings. The normalized spacial score (nSPS) is 12.0. The van der Waals surface area contributed by atoms with Gasteiger partial charge in [-0.3, -0.25) is 4.79 Å². The van der Waals surface area contributed by atoms with E-state index < -0.39 is 0 Å². The van der Waals surface area contributed by atoms with E-state index in [4.69, 9.17) is 5.73 Å². The average molecular weight is 282 g/mol. The monoisotopic (exact) mass is 282 g/mol. The quantitative estimate of drug-likeness (QED) is 0.845. The maximum Gasteiger partial charge on any atom is 0.224 e. The molecule has 1 atom stereocenters. The maximum atomic E-state index is 12.2. The van der Waals surface area contributed by atoms with E-state index in [1.165, 1.54) is 5.56 Å². The van der Waals surface area contributed by atoms with Gasteiger partial charge in [-0.2, -0.15) is 0 Å². The summed E-state index contributed by atoms with van der Waals surface area (Å²) in [7, 11) is 0. The summed E-state index contributed by atoms with van der Waals surface area (Å²) < 4.78 is 0. The Morgan fingerprint density at radius 3 is 2.48 bits per heavy atom. The largest absolute Gasteiger partial charge is 0.399 e. The molecule has 0 spiro atoms. The zero-order chi connectivity index (χ0) is 15.4. The minimum absolute atomic E-state index is 0.0248. The van der Waals surface area contributed by atoms with Crippen LogP contribution in [0.5, 0.6) is 0 Å². The van der Waals surface area contributed by atoms with E-state index in [0.717, 1.165) is 22.4 Å². The second kappa shape index (κ2) is 6.44. The van der Waals surface area contributed by atoms with E-state index in [2.05, 4.69) is 23.5 Å². The molecule has 0 fully saturated rings. The summed E-state index contributed by atoms with van der Waals surface area (Å²) in [5.74, 6) is 0.0352. The number of nitrogens with one attached hydrogen (secondary N) is 1. The molecular weight excluding hydrogens is 260 g/mol. The zero-order valence-electron chi connectivity index (χ0n) is 12.8. The van der Waals surface area contributed by atoms with E-state index in [1.807, 2.05) is 45.0 Å². The number of carbonyl (C=O) groups is 1. The molecule has 1 unspecified atom stereocenters.